The van der Waals surface area contributed by atoms with Crippen LogP contribution in [0.15, 0.2) is 52.2 Å². The van der Waals surface area contributed by atoms with Gasteiger partial charge in [-0.1, -0.05) is 30.3 Å². The lowest BCUT2D eigenvalue weighted by atomic mass is 9.81. The topological polar surface area (TPSA) is 93.5 Å². The normalized spacial score (nSPS) is 30.7. The summed E-state index contributed by atoms with van der Waals surface area (Å²) in [5.74, 6) is 0. The summed E-state index contributed by atoms with van der Waals surface area (Å²) in [6.07, 6.45) is 0.836. The van der Waals surface area contributed by atoms with E-state index in [1.54, 1.807) is 0 Å². The van der Waals surface area contributed by atoms with Crippen molar-refractivity contribution in [2.24, 2.45) is 5.41 Å². The van der Waals surface area contributed by atoms with Crippen molar-refractivity contribution in [3.05, 3.63) is 69.0 Å². The van der Waals surface area contributed by atoms with Gasteiger partial charge in [-0.25, -0.2) is 4.79 Å². The quantitative estimate of drug-likeness (QED) is 0.821. The Morgan fingerprint density at radius 3 is 2.76 bits per heavy atom. The minimum atomic E-state index is -0.808. The van der Waals surface area contributed by atoms with E-state index in [0.717, 1.165) is 5.56 Å². The number of hydrogen-bond acceptors (Lipinski definition) is 5. The molecular formula is C18H20N2O5. The van der Waals surface area contributed by atoms with E-state index in [4.69, 9.17) is 9.47 Å². The number of rotatable bonds is 5. The Hall–Kier alpha value is -2.22. The molecule has 1 aliphatic heterocycles. The number of nitrogens with zero attached hydrogens (tertiary/aromatic N) is 1. The molecule has 2 aliphatic rings. The highest BCUT2D eigenvalue weighted by Crippen LogP contribution is 2.52. The molecule has 4 rings (SSSR count). The first kappa shape index (κ1) is 16.3. The molecule has 0 bridgehead atoms. The molecular weight excluding hydrogens is 324 g/mol. The molecule has 4 atom stereocenters. The molecule has 1 saturated heterocycles. The summed E-state index contributed by atoms with van der Waals surface area (Å²) in [4.78, 5) is 25.5. The fourth-order valence-corrected chi connectivity index (χ4v) is 3.87. The highest BCUT2D eigenvalue weighted by Gasteiger charge is 2.61. The van der Waals surface area contributed by atoms with Crippen molar-refractivity contribution in [1.82, 2.24) is 9.55 Å². The Labute approximate surface area is 143 Å². The van der Waals surface area contributed by atoms with Gasteiger partial charge in [-0.2, -0.15) is 0 Å². The largest absolute Gasteiger partial charge is 0.388 e. The molecule has 4 unspecified atom stereocenters. The van der Waals surface area contributed by atoms with E-state index in [1.807, 2.05) is 30.3 Å². The number of aromatic nitrogens is 2. The first-order valence-corrected chi connectivity index (χ1v) is 8.32. The van der Waals surface area contributed by atoms with Crippen LogP contribution in [0.4, 0.5) is 0 Å². The zero-order valence-corrected chi connectivity index (χ0v) is 13.6. The molecule has 0 spiro atoms. The summed E-state index contributed by atoms with van der Waals surface area (Å²) in [7, 11) is 0. The van der Waals surface area contributed by atoms with Gasteiger partial charge in [-0.3, -0.25) is 14.3 Å². The Kier molecular flexibility index (Phi) is 4.07. The molecule has 0 amide bonds. The van der Waals surface area contributed by atoms with Gasteiger partial charge in [0, 0.05) is 17.7 Å². The number of H-pyrrole nitrogens is 1. The van der Waals surface area contributed by atoms with E-state index >= 15 is 0 Å². The van der Waals surface area contributed by atoms with Crippen LogP contribution in [0.2, 0.25) is 0 Å². The summed E-state index contributed by atoms with van der Waals surface area (Å²) in [5, 5.41) is 10.6. The van der Waals surface area contributed by atoms with Crippen LogP contribution in [-0.2, 0) is 16.1 Å². The second-order valence-corrected chi connectivity index (χ2v) is 6.85. The van der Waals surface area contributed by atoms with Gasteiger partial charge >= 0.3 is 5.69 Å². The fourth-order valence-electron chi connectivity index (χ4n) is 3.87. The summed E-state index contributed by atoms with van der Waals surface area (Å²) < 4.78 is 12.8. The van der Waals surface area contributed by atoms with Gasteiger partial charge in [0.1, 0.15) is 6.10 Å². The number of nitrogens with one attached hydrogen (secondary N) is 1. The van der Waals surface area contributed by atoms with Crippen LogP contribution in [0, 0.1) is 5.41 Å². The molecule has 1 aromatic carbocycles. The molecule has 2 fully saturated rings. The number of fused-ring (bicyclic) bond motifs is 1. The highest BCUT2D eigenvalue weighted by atomic mass is 16.5. The predicted molar refractivity (Wildman–Crippen MR) is 89.3 cm³/mol. The van der Waals surface area contributed by atoms with Crippen LogP contribution in [0.5, 0.6) is 0 Å². The minimum absolute atomic E-state index is 0.297. The van der Waals surface area contributed by atoms with Gasteiger partial charge in [0.2, 0.25) is 0 Å². The molecule has 25 heavy (non-hydrogen) atoms. The second-order valence-electron chi connectivity index (χ2n) is 6.85. The average molecular weight is 344 g/mol. The number of benzene rings is 1. The van der Waals surface area contributed by atoms with Gasteiger partial charge < -0.3 is 14.6 Å². The molecule has 132 valence electrons. The Morgan fingerprint density at radius 2 is 2.08 bits per heavy atom. The second kappa shape index (κ2) is 6.25. The van der Waals surface area contributed by atoms with Crippen LogP contribution >= 0.6 is 0 Å². The summed E-state index contributed by atoms with van der Waals surface area (Å²) in [5.41, 5.74) is -0.177. The molecule has 2 N–H and O–H groups in total. The highest BCUT2D eigenvalue weighted by molar-refractivity contribution is 5.14. The van der Waals surface area contributed by atoms with Crippen molar-refractivity contribution in [1.29, 1.82) is 0 Å². The van der Waals surface area contributed by atoms with Crippen molar-refractivity contribution < 1.29 is 14.6 Å². The van der Waals surface area contributed by atoms with Crippen LogP contribution in [0.25, 0.3) is 0 Å². The van der Waals surface area contributed by atoms with Crippen molar-refractivity contribution in [2.45, 2.75) is 31.3 Å². The third-order valence-corrected chi connectivity index (χ3v) is 5.18. The maximum atomic E-state index is 12.0. The number of aromatic amines is 1. The monoisotopic (exact) mass is 344 g/mol. The molecule has 2 aromatic rings. The summed E-state index contributed by atoms with van der Waals surface area (Å²) in [6, 6.07) is 10.7. The molecule has 1 aliphatic carbocycles. The molecule has 2 heterocycles. The van der Waals surface area contributed by atoms with E-state index in [1.165, 1.54) is 16.8 Å². The van der Waals surface area contributed by atoms with Crippen LogP contribution in [-0.4, -0.2) is 40.1 Å². The van der Waals surface area contributed by atoms with Gasteiger partial charge in [-0.15, -0.1) is 0 Å². The van der Waals surface area contributed by atoms with Crippen molar-refractivity contribution in [3.8, 4) is 0 Å². The van der Waals surface area contributed by atoms with E-state index in [-0.39, 0.29) is 11.5 Å². The van der Waals surface area contributed by atoms with Gasteiger partial charge in [0.15, 0.2) is 0 Å². The fraction of sp³-hybridized carbons (Fsp3) is 0.444. The zero-order chi connectivity index (χ0) is 17.4. The average Bonchev–Trinajstić information content (AvgIpc) is 2.76. The van der Waals surface area contributed by atoms with E-state index in [2.05, 4.69) is 4.98 Å². The van der Waals surface area contributed by atoms with Crippen molar-refractivity contribution >= 4 is 0 Å². The maximum absolute atomic E-state index is 12.0. The van der Waals surface area contributed by atoms with Gasteiger partial charge in [0.05, 0.1) is 32.0 Å². The third kappa shape index (κ3) is 2.84. The van der Waals surface area contributed by atoms with Crippen molar-refractivity contribution in [3.63, 3.8) is 0 Å². The van der Waals surface area contributed by atoms with E-state index < -0.39 is 23.4 Å². The first-order valence-electron chi connectivity index (χ1n) is 8.32. The molecule has 7 nitrogen and oxygen atoms in total. The minimum Gasteiger partial charge on any atom is -0.388 e. The lowest BCUT2D eigenvalue weighted by molar-refractivity contribution is -0.219. The maximum Gasteiger partial charge on any atom is 0.328 e. The summed E-state index contributed by atoms with van der Waals surface area (Å²) >= 11 is 0. The van der Waals surface area contributed by atoms with Crippen LogP contribution in [0.1, 0.15) is 18.0 Å². The molecule has 0 radical (unpaired) electrons. The molecule has 7 heteroatoms. The number of aliphatic hydroxyl groups is 1. The number of aliphatic hydroxyl groups excluding tert-OH is 1. The smallest absolute Gasteiger partial charge is 0.328 e. The zero-order valence-electron chi connectivity index (χ0n) is 13.6. The number of ether oxygens (including phenoxy) is 2. The number of hydrogen-bond donors (Lipinski definition) is 2. The molecule has 1 aromatic heterocycles. The Morgan fingerprint density at radius 1 is 1.28 bits per heavy atom. The third-order valence-electron chi connectivity index (χ3n) is 5.18. The predicted octanol–water partition coefficient (Wildman–Crippen LogP) is 0.444. The Bertz CT molecular complexity index is 862. The lowest BCUT2D eigenvalue weighted by Gasteiger charge is -2.45. The van der Waals surface area contributed by atoms with Gasteiger partial charge in [0.25, 0.3) is 5.56 Å². The van der Waals surface area contributed by atoms with Crippen LogP contribution < -0.4 is 11.2 Å². The SMILES string of the molecule is O=c1ccn(C2CC3(COCc4ccccc4)COC3C2O)c(=O)[nH]1. The lowest BCUT2D eigenvalue weighted by Crippen LogP contribution is -2.54. The first-order chi connectivity index (χ1) is 12.1. The Balaban J connectivity index is 1.48. The molecule has 1 saturated carbocycles. The van der Waals surface area contributed by atoms with Gasteiger partial charge in [-0.05, 0) is 12.0 Å². The van der Waals surface area contributed by atoms with Crippen LogP contribution in [0.3, 0.4) is 0 Å². The standard InChI is InChI=1S/C18H20N2O5/c21-14-6-7-20(17(23)19-14)13-8-18(11-25-16(18)15(13)22)10-24-9-12-4-2-1-3-5-12/h1-7,13,15-16,22H,8-11H2,(H,19,21,23). The van der Waals surface area contributed by atoms with E-state index in [9.17, 15) is 14.7 Å². The van der Waals surface area contributed by atoms with Crippen molar-refractivity contribution in [2.75, 3.05) is 13.2 Å². The van der Waals surface area contributed by atoms with E-state index in [0.29, 0.717) is 26.2 Å². The summed E-state index contributed by atoms with van der Waals surface area (Å²) in [6.45, 7) is 1.45.